The van der Waals surface area contributed by atoms with Gasteiger partial charge < -0.3 is 10.4 Å². The van der Waals surface area contributed by atoms with Crippen LogP contribution in [0.1, 0.15) is 35.1 Å². The van der Waals surface area contributed by atoms with Crippen LogP contribution in [0.25, 0.3) is 0 Å². The molecule has 0 saturated carbocycles. The quantitative estimate of drug-likeness (QED) is 0.620. The van der Waals surface area contributed by atoms with Crippen LogP contribution in [-0.2, 0) is 11.3 Å². The number of phenols is 1. The molecule has 0 aliphatic heterocycles. The number of H-pyrrole nitrogens is 1. The van der Waals surface area contributed by atoms with Crippen LogP contribution in [-0.4, -0.2) is 26.2 Å². The predicted octanol–water partition coefficient (Wildman–Crippen LogP) is 3.31. The van der Waals surface area contributed by atoms with Crippen molar-refractivity contribution in [3.63, 3.8) is 0 Å². The number of aromatic amines is 1. The van der Waals surface area contributed by atoms with Crippen LogP contribution >= 0.6 is 11.6 Å². The van der Waals surface area contributed by atoms with Gasteiger partial charge in [0.15, 0.2) is 5.82 Å². The second kappa shape index (κ2) is 8.01. The molecule has 0 spiro atoms. The molecule has 3 rings (SSSR count). The molecule has 1 amide bonds. The number of hydrogen-bond acceptors (Lipinski definition) is 4. The topological polar surface area (TPSA) is 90.9 Å². The van der Waals surface area contributed by atoms with Crippen LogP contribution < -0.4 is 5.32 Å². The van der Waals surface area contributed by atoms with Crippen LogP contribution in [0, 0.1) is 6.92 Å². The van der Waals surface area contributed by atoms with E-state index in [1.807, 2.05) is 24.3 Å². The summed E-state index contributed by atoms with van der Waals surface area (Å²) in [7, 11) is 0. The molecule has 1 heterocycles. The van der Waals surface area contributed by atoms with Crippen molar-refractivity contribution in [3.8, 4) is 5.75 Å². The second-order valence-electron chi connectivity index (χ2n) is 5.99. The molecule has 3 aromatic rings. The number of rotatable bonds is 6. The number of phenolic OH excluding ortho intramolecular Hbond substituents is 1. The van der Waals surface area contributed by atoms with E-state index in [0.717, 1.165) is 11.1 Å². The summed E-state index contributed by atoms with van der Waals surface area (Å²) in [4.78, 5) is 16.7. The summed E-state index contributed by atoms with van der Waals surface area (Å²) in [6.07, 6.45) is 0.191. The fourth-order valence-electron chi connectivity index (χ4n) is 2.81. The minimum atomic E-state index is -0.273. The molecule has 0 radical (unpaired) electrons. The highest BCUT2D eigenvalue weighted by Gasteiger charge is 2.21. The third kappa shape index (κ3) is 4.40. The van der Waals surface area contributed by atoms with E-state index in [1.165, 1.54) is 0 Å². The highest BCUT2D eigenvalue weighted by Crippen LogP contribution is 2.34. The molecule has 0 aliphatic carbocycles. The van der Waals surface area contributed by atoms with Crippen molar-refractivity contribution in [2.75, 3.05) is 0 Å². The van der Waals surface area contributed by atoms with Crippen LogP contribution in [0.5, 0.6) is 5.75 Å². The molecule has 6 nitrogen and oxygen atoms in total. The first kappa shape index (κ1) is 17.9. The zero-order chi connectivity index (χ0) is 18.5. The van der Waals surface area contributed by atoms with Gasteiger partial charge in [-0.15, -0.1) is 0 Å². The maximum atomic E-state index is 12.5. The number of benzene rings is 2. The predicted molar refractivity (Wildman–Crippen MR) is 99.0 cm³/mol. The third-order valence-electron chi connectivity index (χ3n) is 4.03. The van der Waals surface area contributed by atoms with Crippen LogP contribution in [0.2, 0.25) is 5.02 Å². The fraction of sp³-hybridized carbons (Fsp3) is 0.211. The summed E-state index contributed by atoms with van der Waals surface area (Å²) in [6, 6.07) is 14.3. The number of halogens is 1. The zero-order valence-corrected chi connectivity index (χ0v) is 15.0. The molecule has 26 heavy (non-hydrogen) atoms. The third-order valence-corrected chi connectivity index (χ3v) is 4.37. The Bertz CT molecular complexity index is 910. The molecule has 7 heteroatoms. The number of aromatic nitrogens is 3. The normalized spacial score (nSPS) is 11.9. The average molecular weight is 371 g/mol. The highest BCUT2D eigenvalue weighted by atomic mass is 35.5. The van der Waals surface area contributed by atoms with Gasteiger partial charge >= 0.3 is 0 Å². The minimum absolute atomic E-state index is 0.149. The van der Waals surface area contributed by atoms with Gasteiger partial charge in [0.25, 0.3) is 0 Å². The summed E-state index contributed by atoms with van der Waals surface area (Å²) in [5.74, 6) is 0.951. The molecule has 0 aliphatic rings. The number of carbonyl (C=O) groups excluding carboxylic acids is 1. The monoisotopic (exact) mass is 370 g/mol. The molecular formula is C19H19ClN4O2. The summed E-state index contributed by atoms with van der Waals surface area (Å²) >= 11 is 6.35. The minimum Gasteiger partial charge on any atom is -0.508 e. The number of nitrogens with one attached hydrogen (secondary N) is 2. The Morgan fingerprint density at radius 1 is 1.27 bits per heavy atom. The lowest BCUT2D eigenvalue weighted by molar-refractivity contribution is -0.121. The van der Waals surface area contributed by atoms with Crippen LogP contribution in [0.4, 0.5) is 0 Å². The summed E-state index contributed by atoms with van der Waals surface area (Å²) in [6.45, 7) is 2.05. The highest BCUT2D eigenvalue weighted by molar-refractivity contribution is 6.31. The average Bonchev–Trinajstić information content (AvgIpc) is 3.04. The van der Waals surface area contributed by atoms with Gasteiger partial charge in [0.05, 0.1) is 6.54 Å². The Kier molecular flexibility index (Phi) is 5.53. The largest absolute Gasteiger partial charge is 0.508 e. The first-order valence-corrected chi connectivity index (χ1v) is 8.58. The molecule has 134 valence electrons. The molecule has 1 aromatic heterocycles. The van der Waals surface area contributed by atoms with Crippen LogP contribution in [0.3, 0.4) is 0 Å². The molecular weight excluding hydrogens is 352 g/mol. The molecule has 2 aromatic carbocycles. The lowest BCUT2D eigenvalue weighted by Crippen LogP contribution is -2.25. The Morgan fingerprint density at radius 3 is 2.77 bits per heavy atom. The molecule has 1 atom stereocenters. The van der Waals surface area contributed by atoms with E-state index in [0.29, 0.717) is 16.7 Å². The lowest BCUT2D eigenvalue weighted by Gasteiger charge is -2.19. The molecule has 0 unspecified atom stereocenters. The van der Waals surface area contributed by atoms with E-state index in [9.17, 15) is 9.90 Å². The Balaban J connectivity index is 1.79. The Labute approximate surface area is 156 Å². The summed E-state index contributed by atoms with van der Waals surface area (Å²) in [5.41, 5.74) is 1.66. The van der Waals surface area contributed by atoms with Gasteiger partial charge in [-0.25, -0.2) is 4.98 Å². The SMILES string of the molecule is Cc1nc(CNC(=O)C[C@H](c2cccc(O)c2)c2ccccc2Cl)n[nH]1. The van der Waals surface area contributed by atoms with Gasteiger partial charge in [0, 0.05) is 17.4 Å². The maximum absolute atomic E-state index is 12.5. The number of aryl methyl sites for hydroxylation is 1. The molecule has 0 fully saturated rings. The van der Waals surface area contributed by atoms with Gasteiger partial charge in [-0.1, -0.05) is 41.9 Å². The first-order valence-electron chi connectivity index (χ1n) is 8.21. The van der Waals surface area contributed by atoms with E-state index in [1.54, 1.807) is 31.2 Å². The maximum Gasteiger partial charge on any atom is 0.221 e. The van der Waals surface area contributed by atoms with E-state index >= 15 is 0 Å². The van der Waals surface area contributed by atoms with Crippen molar-refractivity contribution in [2.45, 2.75) is 25.8 Å². The standard InChI is InChI=1S/C19H19ClN4O2/c1-12-22-18(24-23-12)11-21-19(26)10-16(13-5-4-6-14(25)9-13)15-7-2-3-8-17(15)20/h2-9,16,25H,10-11H2,1H3,(H,21,26)(H,22,23,24)/t16-/m1/s1. The molecule has 0 bridgehead atoms. The van der Waals surface area contributed by atoms with Crippen molar-refractivity contribution in [1.29, 1.82) is 0 Å². The van der Waals surface area contributed by atoms with Crippen molar-refractivity contribution >= 4 is 17.5 Å². The lowest BCUT2D eigenvalue weighted by atomic mass is 9.88. The number of amides is 1. The number of nitrogens with zero attached hydrogens (tertiary/aromatic N) is 2. The first-order chi connectivity index (χ1) is 12.5. The van der Waals surface area contributed by atoms with Crippen molar-refractivity contribution in [3.05, 3.63) is 76.3 Å². The summed E-state index contributed by atoms with van der Waals surface area (Å²) in [5, 5.41) is 20.0. The van der Waals surface area contributed by atoms with E-state index < -0.39 is 0 Å². The van der Waals surface area contributed by atoms with E-state index in [2.05, 4.69) is 20.5 Å². The fourth-order valence-corrected chi connectivity index (χ4v) is 3.08. The van der Waals surface area contributed by atoms with E-state index in [4.69, 9.17) is 11.6 Å². The van der Waals surface area contributed by atoms with Gasteiger partial charge in [-0.05, 0) is 36.2 Å². The van der Waals surface area contributed by atoms with Crippen LogP contribution in [0.15, 0.2) is 48.5 Å². The van der Waals surface area contributed by atoms with Crippen molar-refractivity contribution in [1.82, 2.24) is 20.5 Å². The number of carbonyl (C=O) groups is 1. The zero-order valence-electron chi connectivity index (χ0n) is 14.2. The molecule has 0 saturated heterocycles. The van der Waals surface area contributed by atoms with Gasteiger partial charge in [-0.2, -0.15) is 5.10 Å². The van der Waals surface area contributed by atoms with Gasteiger partial charge in [-0.3, -0.25) is 9.89 Å². The Hall–Kier alpha value is -2.86. The number of hydrogen-bond donors (Lipinski definition) is 3. The van der Waals surface area contributed by atoms with Crippen molar-refractivity contribution in [2.24, 2.45) is 0 Å². The Morgan fingerprint density at radius 2 is 2.08 bits per heavy atom. The summed E-state index contributed by atoms with van der Waals surface area (Å²) < 4.78 is 0. The van der Waals surface area contributed by atoms with Gasteiger partial charge in [0.1, 0.15) is 11.6 Å². The second-order valence-corrected chi connectivity index (χ2v) is 6.39. The van der Waals surface area contributed by atoms with Crippen molar-refractivity contribution < 1.29 is 9.90 Å². The number of aromatic hydroxyl groups is 1. The van der Waals surface area contributed by atoms with Gasteiger partial charge in [0.2, 0.25) is 5.91 Å². The molecule has 3 N–H and O–H groups in total. The smallest absolute Gasteiger partial charge is 0.221 e. The van der Waals surface area contributed by atoms with E-state index in [-0.39, 0.29) is 30.5 Å².